The molecule has 2 fully saturated rings. The number of benzene rings is 1. The van der Waals surface area contributed by atoms with E-state index in [-0.39, 0.29) is 11.9 Å². The summed E-state index contributed by atoms with van der Waals surface area (Å²) in [4.78, 5) is 16.8. The zero-order chi connectivity index (χ0) is 16.2. The highest BCUT2D eigenvalue weighted by atomic mass is 16.3. The van der Waals surface area contributed by atoms with E-state index in [4.69, 9.17) is 0 Å². The number of hydrogen-bond donors (Lipinski definition) is 2. The number of para-hydroxylation sites is 2. The van der Waals surface area contributed by atoms with Crippen LogP contribution < -0.4 is 10.2 Å². The van der Waals surface area contributed by atoms with Gasteiger partial charge in [-0.05, 0) is 31.9 Å². The number of phenolic OH excluding ortho intramolecular Hbond substituents is 1. The zero-order valence-electron chi connectivity index (χ0n) is 13.9. The summed E-state index contributed by atoms with van der Waals surface area (Å²) in [6.07, 6.45) is 4.72. The second-order valence-electron chi connectivity index (χ2n) is 6.68. The van der Waals surface area contributed by atoms with Gasteiger partial charge in [-0.2, -0.15) is 0 Å². The number of amides is 1. The van der Waals surface area contributed by atoms with E-state index in [1.807, 2.05) is 25.1 Å². The molecule has 2 aliphatic rings. The lowest BCUT2D eigenvalue weighted by molar-refractivity contribution is -0.126. The molecule has 1 aromatic rings. The SMILES string of the molecule is C[C@H](C(=O)NC1CCCC1)N1CCN(c2ccccc2O)CC1. The molecular formula is C18H27N3O2. The monoisotopic (exact) mass is 317 g/mol. The normalized spacial score (nSPS) is 21.3. The van der Waals surface area contributed by atoms with Crippen molar-refractivity contribution in [3.8, 4) is 5.75 Å². The van der Waals surface area contributed by atoms with Gasteiger partial charge in [-0.25, -0.2) is 0 Å². The summed E-state index contributed by atoms with van der Waals surface area (Å²) < 4.78 is 0. The molecule has 1 saturated heterocycles. The number of aromatic hydroxyl groups is 1. The molecule has 1 saturated carbocycles. The standard InChI is InChI=1S/C18H27N3O2/c1-14(18(23)19-15-6-2-3-7-15)20-10-12-21(13-11-20)16-8-4-5-9-17(16)22/h4-5,8-9,14-15,22H,2-3,6-7,10-13H2,1H3,(H,19,23)/t14-/m1/s1. The van der Waals surface area contributed by atoms with Crippen molar-refractivity contribution in [1.29, 1.82) is 0 Å². The molecule has 0 unspecified atom stereocenters. The molecule has 2 N–H and O–H groups in total. The number of piperazine rings is 1. The van der Waals surface area contributed by atoms with Crippen LogP contribution in [0.25, 0.3) is 0 Å². The van der Waals surface area contributed by atoms with E-state index in [9.17, 15) is 9.90 Å². The summed E-state index contributed by atoms with van der Waals surface area (Å²) >= 11 is 0. The maximum Gasteiger partial charge on any atom is 0.237 e. The Morgan fingerprint density at radius 1 is 1.17 bits per heavy atom. The number of nitrogens with zero attached hydrogens (tertiary/aromatic N) is 2. The van der Waals surface area contributed by atoms with Crippen LogP contribution in [0.3, 0.4) is 0 Å². The first-order valence-corrected chi connectivity index (χ1v) is 8.72. The first kappa shape index (κ1) is 16.1. The van der Waals surface area contributed by atoms with E-state index in [1.54, 1.807) is 6.07 Å². The van der Waals surface area contributed by atoms with Crippen molar-refractivity contribution in [3.63, 3.8) is 0 Å². The molecule has 1 amide bonds. The number of hydrogen-bond acceptors (Lipinski definition) is 4. The molecule has 1 aromatic carbocycles. The van der Waals surface area contributed by atoms with Crippen molar-refractivity contribution >= 4 is 11.6 Å². The minimum atomic E-state index is -0.0814. The molecule has 0 radical (unpaired) electrons. The van der Waals surface area contributed by atoms with E-state index in [1.165, 1.54) is 12.8 Å². The number of carbonyl (C=O) groups is 1. The van der Waals surface area contributed by atoms with Gasteiger partial charge in [0, 0.05) is 32.2 Å². The molecule has 1 aliphatic heterocycles. The molecule has 0 bridgehead atoms. The van der Waals surface area contributed by atoms with Crippen molar-refractivity contribution in [3.05, 3.63) is 24.3 Å². The van der Waals surface area contributed by atoms with Gasteiger partial charge in [-0.3, -0.25) is 9.69 Å². The Labute approximate surface area is 138 Å². The molecule has 3 rings (SSSR count). The first-order chi connectivity index (χ1) is 11.1. The van der Waals surface area contributed by atoms with E-state index < -0.39 is 0 Å². The smallest absolute Gasteiger partial charge is 0.237 e. The average molecular weight is 317 g/mol. The van der Waals surface area contributed by atoms with E-state index in [0.717, 1.165) is 44.7 Å². The number of anilines is 1. The Kier molecular flexibility index (Phi) is 5.06. The molecule has 5 nitrogen and oxygen atoms in total. The van der Waals surface area contributed by atoms with Crippen molar-refractivity contribution in [2.24, 2.45) is 0 Å². The highest BCUT2D eigenvalue weighted by Crippen LogP contribution is 2.27. The quantitative estimate of drug-likeness (QED) is 0.891. The third-order valence-corrected chi connectivity index (χ3v) is 5.17. The lowest BCUT2D eigenvalue weighted by Crippen LogP contribution is -2.54. The molecule has 1 heterocycles. The molecule has 126 valence electrons. The lowest BCUT2D eigenvalue weighted by atomic mass is 10.1. The summed E-state index contributed by atoms with van der Waals surface area (Å²) in [7, 11) is 0. The van der Waals surface area contributed by atoms with Crippen molar-refractivity contribution in [2.45, 2.75) is 44.7 Å². The third kappa shape index (κ3) is 3.78. The zero-order valence-corrected chi connectivity index (χ0v) is 13.9. The van der Waals surface area contributed by atoms with Crippen LogP contribution in [0.15, 0.2) is 24.3 Å². The van der Waals surface area contributed by atoms with Gasteiger partial charge in [0.1, 0.15) is 5.75 Å². The van der Waals surface area contributed by atoms with Gasteiger partial charge in [-0.15, -0.1) is 0 Å². The Morgan fingerprint density at radius 2 is 1.83 bits per heavy atom. The van der Waals surface area contributed by atoms with Crippen LogP contribution >= 0.6 is 0 Å². The highest BCUT2D eigenvalue weighted by molar-refractivity contribution is 5.81. The average Bonchev–Trinajstić information content (AvgIpc) is 3.08. The minimum absolute atomic E-state index is 0.0814. The first-order valence-electron chi connectivity index (χ1n) is 8.72. The van der Waals surface area contributed by atoms with Crippen molar-refractivity contribution < 1.29 is 9.90 Å². The summed E-state index contributed by atoms with van der Waals surface area (Å²) in [6.45, 7) is 5.35. The summed E-state index contributed by atoms with van der Waals surface area (Å²) in [5.74, 6) is 0.487. The fourth-order valence-corrected chi connectivity index (χ4v) is 3.64. The predicted molar refractivity (Wildman–Crippen MR) is 91.8 cm³/mol. The van der Waals surface area contributed by atoms with E-state index in [0.29, 0.717) is 11.8 Å². The van der Waals surface area contributed by atoms with Gasteiger partial charge < -0.3 is 15.3 Å². The van der Waals surface area contributed by atoms with Crippen molar-refractivity contribution in [1.82, 2.24) is 10.2 Å². The van der Waals surface area contributed by atoms with Crippen LogP contribution in [0.2, 0.25) is 0 Å². The summed E-state index contributed by atoms with van der Waals surface area (Å²) in [5, 5.41) is 13.2. The Morgan fingerprint density at radius 3 is 2.48 bits per heavy atom. The Bertz CT molecular complexity index is 535. The molecule has 1 aliphatic carbocycles. The van der Waals surface area contributed by atoms with Gasteiger partial charge in [0.05, 0.1) is 11.7 Å². The fraction of sp³-hybridized carbons (Fsp3) is 0.611. The van der Waals surface area contributed by atoms with E-state index >= 15 is 0 Å². The van der Waals surface area contributed by atoms with Crippen molar-refractivity contribution in [2.75, 3.05) is 31.1 Å². The van der Waals surface area contributed by atoms with Gasteiger partial charge in [-0.1, -0.05) is 25.0 Å². The Balaban J connectivity index is 1.51. The van der Waals surface area contributed by atoms with E-state index in [2.05, 4.69) is 15.1 Å². The van der Waals surface area contributed by atoms with Crippen LogP contribution in [0.4, 0.5) is 5.69 Å². The third-order valence-electron chi connectivity index (χ3n) is 5.17. The molecule has 0 spiro atoms. The second-order valence-corrected chi connectivity index (χ2v) is 6.68. The van der Waals surface area contributed by atoms with Gasteiger partial charge in [0.25, 0.3) is 0 Å². The maximum absolute atomic E-state index is 12.4. The molecule has 1 atom stereocenters. The van der Waals surface area contributed by atoms with Crippen LogP contribution in [-0.2, 0) is 4.79 Å². The molecule has 5 heteroatoms. The number of rotatable bonds is 4. The fourth-order valence-electron chi connectivity index (χ4n) is 3.64. The number of carbonyl (C=O) groups excluding carboxylic acids is 1. The highest BCUT2D eigenvalue weighted by Gasteiger charge is 2.28. The molecule has 23 heavy (non-hydrogen) atoms. The van der Waals surface area contributed by atoms with Gasteiger partial charge >= 0.3 is 0 Å². The van der Waals surface area contributed by atoms with Crippen LogP contribution in [0.5, 0.6) is 5.75 Å². The van der Waals surface area contributed by atoms with Crippen LogP contribution in [-0.4, -0.2) is 54.2 Å². The molecular weight excluding hydrogens is 290 g/mol. The largest absolute Gasteiger partial charge is 0.506 e. The second kappa shape index (κ2) is 7.21. The Hall–Kier alpha value is -1.75. The van der Waals surface area contributed by atoms with Gasteiger partial charge in [0.15, 0.2) is 0 Å². The topological polar surface area (TPSA) is 55.8 Å². The lowest BCUT2D eigenvalue weighted by Gasteiger charge is -2.38. The number of nitrogens with one attached hydrogen (secondary N) is 1. The summed E-state index contributed by atoms with van der Waals surface area (Å²) in [5.41, 5.74) is 0.884. The number of phenols is 1. The van der Waals surface area contributed by atoms with Crippen LogP contribution in [0, 0.1) is 0 Å². The minimum Gasteiger partial charge on any atom is -0.506 e. The maximum atomic E-state index is 12.4. The summed E-state index contributed by atoms with van der Waals surface area (Å²) in [6, 6.07) is 7.75. The van der Waals surface area contributed by atoms with Gasteiger partial charge in [0.2, 0.25) is 5.91 Å². The molecule has 0 aromatic heterocycles. The van der Waals surface area contributed by atoms with Crippen LogP contribution in [0.1, 0.15) is 32.6 Å². The predicted octanol–water partition coefficient (Wildman–Crippen LogP) is 1.96.